The molecule has 0 spiro atoms. The molecule has 2 atom stereocenters. The fourth-order valence-electron chi connectivity index (χ4n) is 4.44. The number of carbonyl (C=O) groups is 2. The molecule has 0 saturated heterocycles. The summed E-state index contributed by atoms with van der Waals surface area (Å²) in [5.74, 6) is -0.392. The Bertz CT molecular complexity index is 874. The van der Waals surface area contributed by atoms with Crippen LogP contribution in [0.25, 0.3) is 0 Å². The van der Waals surface area contributed by atoms with Crippen molar-refractivity contribution in [3.05, 3.63) is 48.1 Å². The minimum atomic E-state index is -0.306. The van der Waals surface area contributed by atoms with Crippen molar-refractivity contribution in [3.63, 3.8) is 0 Å². The van der Waals surface area contributed by atoms with Crippen LogP contribution in [0.3, 0.4) is 0 Å². The third-order valence-corrected chi connectivity index (χ3v) is 5.63. The fraction of sp³-hybridized carbons (Fsp3) is 0.474. The largest absolute Gasteiger partial charge is 0.345 e. The molecule has 2 aromatic rings. The van der Waals surface area contributed by atoms with Crippen molar-refractivity contribution in [1.29, 1.82) is 0 Å². The van der Waals surface area contributed by atoms with Gasteiger partial charge in [0.1, 0.15) is 17.7 Å². The number of carbonyl (C=O) groups excluding carboxylic acids is 2. The number of aromatic nitrogens is 4. The lowest BCUT2D eigenvalue weighted by molar-refractivity contribution is 0.0826. The maximum absolute atomic E-state index is 12.7. The molecule has 2 fully saturated rings. The lowest BCUT2D eigenvalue weighted by Gasteiger charge is -2.40. The minimum absolute atomic E-state index is 0.189. The predicted molar refractivity (Wildman–Crippen MR) is 96.9 cm³/mol. The lowest BCUT2D eigenvalue weighted by Crippen LogP contribution is -2.55. The molecule has 2 N–H and O–H groups in total. The highest BCUT2D eigenvalue weighted by atomic mass is 16.2. The topological polar surface area (TPSA) is 110 Å². The van der Waals surface area contributed by atoms with Crippen LogP contribution >= 0.6 is 0 Å². The van der Waals surface area contributed by atoms with Crippen molar-refractivity contribution >= 4 is 11.8 Å². The highest BCUT2D eigenvalue weighted by Gasteiger charge is 2.52. The number of rotatable bonds is 4. The van der Waals surface area contributed by atoms with Crippen LogP contribution < -0.4 is 10.6 Å². The highest BCUT2D eigenvalue weighted by Crippen LogP contribution is 2.48. The molecule has 0 aliphatic heterocycles. The molecule has 2 bridgehead atoms. The minimum Gasteiger partial charge on any atom is -0.345 e. The van der Waals surface area contributed by atoms with E-state index in [4.69, 9.17) is 0 Å². The van der Waals surface area contributed by atoms with E-state index in [1.165, 1.54) is 12.5 Å². The van der Waals surface area contributed by atoms with Crippen LogP contribution in [-0.4, -0.2) is 42.8 Å². The lowest BCUT2D eigenvalue weighted by atomic mass is 9.78. The van der Waals surface area contributed by atoms with Crippen molar-refractivity contribution in [3.8, 4) is 0 Å². The highest BCUT2D eigenvalue weighted by molar-refractivity contribution is 5.93. The van der Waals surface area contributed by atoms with Crippen molar-refractivity contribution in [2.24, 2.45) is 0 Å². The Morgan fingerprint density at radius 3 is 2.30 bits per heavy atom. The molecule has 2 amide bonds. The molecule has 4 rings (SSSR count). The third kappa shape index (κ3) is 3.51. The second kappa shape index (κ2) is 6.68. The summed E-state index contributed by atoms with van der Waals surface area (Å²) < 4.78 is 0. The standard InChI is InChI=1S/C19H22N6O2/c1-13-9-21-10-15(23-13)17(27)25-19-5-2-4-18(11-19,6-7-19)24-16(26)14-3-8-20-12-22-14/h3,8-10,12H,2,4-7,11H2,1H3,(H,24,26)(H,25,27). The molecular weight excluding hydrogens is 344 g/mol. The van der Waals surface area contributed by atoms with Crippen molar-refractivity contribution < 1.29 is 9.59 Å². The monoisotopic (exact) mass is 366 g/mol. The Morgan fingerprint density at radius 1 is 0.963 bits per heavy atom. The van der Waals surface area contributed by atoms with Crippen LogP contribution in [0.4, 0.5) is 0 Å². The second-order valence-corrected chi connectivity index (χ2v) is 7.64. The zero-order chi connectivity index (χ0) is 18.9. The summed E-state index contributed by atoms with van der Waals surface area (Å²) in [5, 5.41) is 6.37. The average Bonchev–Trinajstić information content (AvgIpc) is 2.92. The molecule has 140 valence electrons. The molecule has 0 aromatic carbocycles. The molecule has 2 aliphatic carbocycles. The smallest absolute Gasteiger partial charge is 0.271 e. The number of hydrogen-bond donors (Lipinski definition) is 2. The van der Waals surface area contributed by atoms with Gasteiger partial charge >= 0.3 is 0 Å². The van der Waals surface area contributed by atoms with Gasteiger partial charge in [-0.2, -0.15) is 0 Å². The fourth-order valence-corrected chi connectivity index (χ4v) is 4.44. The summed E-state index contributed by atoms with van der Waals surface area (Å²) >= 11 is 0. The third-order valence-electron chi connectivity index (χ3n) is 5.63. The molecule has 2 heterocycles. The van der Waals surface area contributed by atoms with Gasteiger partial charge in [0.15, 0.2) is 0 Å². The molecule has 0 radical (unpaired) electrons. The van der Waals surface area contributed by atoms with Crippen molar-refractivity contribution in [1.82, 2.24) is 30.6 Å². The van der Waals surface area contributed by atoms with Gasteiger partial charge in [0.25, 0.3) is 11.8 Å². The van der Waals surface area contributed by atoms with Gasteiger partial charge in [0.2, 0.25) is 0 Å². The first-order valence-corrected chi connectivity index (χ1v) is 9.19. The van der Waals surface area contributed by atoms with Crippen molar-refractivity contribution in [2.45, 2.75) is 56.5 Å². The Kier molecular flexibility index (Phi) is 4.33. The second-order valence-electron chi connectivity index (χ2n) is 7.64. The summed E-state index contributed by atoms with van der Waals surface area (Å²) in [6.45, 7) is 1.81. The van der Waals surface area contributed by atoms with Crippen LogP contribution in [-0.2, 0) is 0 Å². The summed E-state index contributed by atoms with van der Waals surface area (Å²) in [5.41, 5.74) is 0.798. The number of aryl methyl sites for hydroxylation is 1. The van der Waals surface area contributed by atoms with E-state index in [-0.39, 0.29) is 22.9 Å². The summed E-state index contributed by atoms with van der Waals surface area (Å²) in [4.78, 5) is 41.4. The zero-order valence-electron chi connectivity index (χ0n) is 15.2. The maximum atomic E-state index is 12.7. The van der Waals surface area contributed by atoms with E-state index >= 15 is 0 Å². The average molecular weight is 366 g/mol. The normalized spacial score (nSPS) is 26.4. The first kappa shape index (κ1) is 17.5. The number of amides is 2. The van der Waals surface area contributed by atoms with E-state index < -0.39 is 0 Å². The SMILES string of the molecule is Cc1cncc(C(=O)NC23CCCC(NC(=O)c4ccncn4)(CC2)C3)n1. The number of nitrogens with zero attached hydrogens (tertiary/aromatic N) is 4. The Hall–Kier alpha value is -2.90. The molecule has 8 nitrogen and oxygen atoms in total. The molecule has 27 heavy (non-hydrogen) atoms. The first-order valence-electron chi connectivity index (χ1n) is 9.19. The molecule has 8 heteroatoms. The van der Waals surface area contributed by atoms with Crippen LogP contribution in [0.15, 0.2) is 31.0 Å². The first-order chi connectivity index (χ1) is 13.0. The van der Waals surface area contributed by atoms with Gasteiger partial charge in [-0.1, -0.05) is 0 Å². The maximum Gasteiger partial charge on any atom is 0.271 e. The van der Waals surface area contributed by atoms with Crippen molar-refractivity contribution in [2.75, 3.05) is 0 Å². The summed E-state index contributed by atoms with van der Waals surface area (Å²) in [6.07, 6.45) is 11.2. The van der Waals surface area contributed by atoms with Gasteiger partial charge in [0, 0.05) is 23.5 Å². The van der Waals surface area contributed by atoms with E-state index in [1.54, 1.807) is 18.5 Å². The molecule has 2 unspecified atom stereocenters. The molecule has 2 saturated carbocycles. The Morgan fingerprint density at radius 2 is 1.67 bits per heavy atom. The number of hydrogen-bond acceptors (Lipinski definition) is 6. The summed E-state index contributed by atoms with van der Waals surface area (Å²) in [7, 11) is 0. The van der Waals surface area contributed by atoms with E-state index in [2.05, 4.69) is 30.6 Å². The van der Waals surface area contributed by atoms with Gasteiger partial charge in [-0.15, -0.1) is 0 Å². The van der Waals surface area contributed by atoms with Crippen LogP contribution in [0.2, 0.25) is 0 Å². The Labute approximate surface area is 157 Å². The molecule has 2 aromatic heterocycles. The predicted octanol–water partition coefficient (Wildman–Crippen LogP) is 1.58. The van der Waals surface area contributed by atoms with E-state index in [9.17, 15) is 9.59 Å². The van der Waals surface area contributed by atoms with Gasteiger partial charge in [-0.25, -0.2) is 15.0 Å². The van der Waals surface area contributed by atoms with E-state index in [0.717, 1.165) is 38.5 Å². The number of fused-ring (bicyclic) bond motifs is 2. The quantitative estimate of drug-likeness (QED) is 0.850. The van der Waals surface area contributed by atoms with E-state index in [0.29, 0.717) is 17.1 Å². The van der Waals surface area contributed by atoms with E-state index in [1.807, 2.05) is 6.92 Å². The van der Waals surface area contributed by atoms with Gasteiger partial charge in [-0.05, 0) is 51.5 Å². The Balaban J connectivity index is 1.48. The van der Waals surface area contributed by atoms with Gasteiger partial charge in [0.05, 0.1) is 11.9 Å². The van der Waals surface area contributed by atoms with Crippen LogP contribution in [0.5, 0.6) is 0 Å². The van der Waals surface area contributed by atoms with Gasteiger partial charge < -0.3 is 10.6 Å². The number of nitrogens with one attached hydrogen (secondary N) is 2. The molecular formula is C19H22N6O2. The summed E-state index contributed by atoms with van der Waals surface area (Å²) in [6, 6.07) is 1.61. The van der Waals surface area contributed by atoms with Crippen LogP contribution in [0, 0.1) is 6.92 Å². The zero-order valence-corrected chi connectivity index (χ0v) is 15.2. The molecule has 2 aliphatic rings. The van der Waals surface area contributed by atoms with Crippen LogP contribution in [0.1, 0.15) is 65.2 Å². The van der Waals surface area contributed by atoms with Gasteiger partial charge in [-0.3, -0.25) is 14.6 Å².